The summed E-state index contributed by atoms with van der Waals surface area (Å²) in [6.07, 6.45) is 4.17. The molecule has 1 saturated carbocycles. The van der Waals surface area contributed by atoms with Gasteiger partial charge in [-0.1, -0.05) is 0 Å². The predicted molar refractivity (Wildman–Crippen MR) is 99.2 cm³/mol. The minimum absolute atomic E-state index is 0.188. The number of pyridine rings is 1. The number of aromatic nitrogens is 4. The van der Waals surface area contributed by atoms with Crippen LogP contribution in [0.3, 0.4) is 0 Å². The SMILES string of the molecule is CN1c2ccn3ncc(c3n2)C(=O)NCC(F)COc2ncc(F)cc2C12CC2. The van der Waals surface area contributed by atoms with Gasteiger partial charge in [-0.25, -0.2) is 23.3 Å². The molecule has 1 N–H and O–H groups in total. The molecule has 5 rings (SSSR count). The lowest BCUT2D eigenvalue weighted by molar-refractivity contribution is 0.0932. The Bertz CT molecular complexity index is 1110. The smallest absolute Gasteiger partial charge is 0.256 e. The average Bonchev–Trinajstić information content (AvgIpc) is 3.42. The fourth-order valence-corrected chi connectivity index (χ4v) is 3.73. The van der Waals surface area contributed by atoms with Crippen LogP contribution in [0.1, 0.15) is 28.8 Å². The fraction of sp³-hybridized carbons (Fsp3) is 0.368. The van der Waals surface area contributed by atoms with E-state index in [2.05, 4.69) is 20.4 Å². The van der Waals surface area contributed by atoms with E-state index in [1.165, 1.54) is 16.8 Å². The number of alkyl halides is 1. The van der Waals surface area contributed by atoms with E-state index >= 15 is 0 Å². The number of nitrogens with zero attached hydrogens (tertiary/aromatic N) is 5. The summed E-state index contributed by atoms with van der Waals surface area (Å²) < 4.78 is 35.4. The lowest BCUT2D eigenvalue weighted by atomic mass is 10.0. The zero-order valence-corrected chi connectivity index (χ0v) is 15.6. The van der Waals surface area contributed by atoms with Gasteiger partial charge >= 0.3 is 0 Å². The Labute approximate surface area is 164 Å². The van der Waals surface area contributed by atoms with Crippen molar-refractivity contribution in [1.29, 1.82) is 0 Å². The van der Waals surface area contributed by atoms with Crippen molar-refractivity contribution in [3.8, 4) is 5.88 Å². The highest BCUT2D eigenvalue weighted by molar-refractivity contribution is 5.99. The lowest BCUT2D eigenvalue weighted by Crippen LogP contribution is -2.35. The molecule has 1 fully saturated rings. The molecule has 1 amide bonds. The standard InChI is InChI=1S/C19H18F2N6O2/c1-26-15-2-5-27-16(25-15)13(9-24-27)17(28)22-8-12(21)10-29-18-14(19(26)3-4-19)6-11(20)7-23-18/h2,5-7,9,12H,3-4,8,10H2,1H3,(H,22,28). The van der Waals surface area contributed by atoms with Crippen molar-refractivity contribution in [2.24, 2.45) is 0 Å². The number of hydrogen-bond acceptors (Lipinski definition) is 6. The van der Waals surface area contributed by atoms with Crippen LogP contribution in [-0.4, -0.2) is 51.9 Å². The normalized spacial score (nSPS) is 20.9. The molecule has 1 spiro atoms. The van der Waals surface area contributed by atoms with Gasteiger partial charge in [0.1, 0.15) is 23.8 Å². The molecule has 3 aromatic rings. The lowest BCUT2D eigenvalue weighted by Gasteiger charge is -2.30. The molecule has 2 bridgehead atoms. The molecule has 0 radical (unpaired) electrons. The third kappa shape index (κ3) is 2.86. The predicted octanol–water partition coefficient (Wildman–Crippen LogP) is 1.85. The number of halogens is 2. The van der Waals surface area contributed by atoms with Crippen LogP contribution in [0.5, 0.6) is 5.88 Å². The van der Waals surface area contributed by atoms with Crippen molar-refractivity contribution in [3.63, 3.8) is 0 Å². The van der Waals surface area contributed by atoms with Crippen molar-refractivity contribution < 1.29 is 18.3 Å². The minimum Gasteiger partial charge on any atom is -0.474 e. The first-order valence-electron chi connectivity index (χ1n) is 9.27. The molecule has 1 unspecified atom stereocenters. The van der Waals surface area contributed by atoms with Crippen molar-refractivity contribution in [2.75, 3.05) is 25.1 Å². The number of rotatable bonds is 0. The summed E-state index contributed by atoms with van der Waals surface area (Å²) in [4.78, 5) is 23.1. The first kappa shape index (κ1) is 17.8. The Kier molecular flexibility index (Phi) is 3.90. The summed E-state index contributed by atoms with van der Waals surface area (Å²) in [6, 6.07) is 3.16. The summed E-state index contributed by atoms with van der Waals surface area (Å²) in [5.41, 5.74) is 0.616. The first-order valence-corrected chi connectivity index (χ1v) is 9.27. The molecule has 29 heavy (non-hydrogen) atoms. The van der Waals surface area contributed by atoms with Crippen molar-refractivity contribution in [2.45, 2.75) is 24.6 Å². The molecular formula is C19H18F2N6O2. The molecule has 0 saturated heterocycles. The largest absolute Gasteiger partial charge is 0.474 e. The maximum Gasteiger partial charge on any atom is 0.256 e. The Morgan fingerprint density at radius 2 is 2.17 bits per heavy atom. The van der Waals surface area contributed by atoms with E-state index in [4.69, 9.17) is 4.74 Å². The maximum atomic E-state index is 14.3. The molecule has 1 aliphatic carbocycles. The van der Waals surface area contributed by atoms with E-state index in [1.807, 2.05) is 11.9 Å². The van der Waals surface area contributed by atoms with E-state index in [-0.39, 0.29) is 24.6 Å². The number of anilines is 1. The third-order valence-electron chi connectivity index (χ3n) is 5.51. The molecule has 1 aliphatic heterocycles. The van der Waals surface area contributed by atoms with Gasteiger partial charge in [0.25, 0.3) is 5.91 Å². The minimum atomic E-state index is -1.46. The Balaban J connectivity index is 1.67. The molecule has 1 atom stereocenters. The molecule has 4 heterocycles. The van der Waals surface area contributed by atoms with Crippen LogP contribution < -0.4 is 15.0 Å². The van der Waals surface area contributed by atoms with Crippen LogP contribution in [0.4, 0.5) is 14.6 Å². The van der Waals surface area contributed by atoms with Crippen LogP contribution in [0.15, 0.2) is 30.7 Å². The van der Waals surface area contributed by atoms with Gasteiger partial charge in [-0.05, 0) is 25.0 Å². The summed E-state index contributed by atoms with van der Waals surface area (Å²) in [6.45, 7) is -0.546. The summed E-state index contributed by atoms with van der Waals surface area (Å²) >= 11 is 0. The van der Waals surface area contributed by atoms with Crippen LogP contribution in [-0.2, 0) is 5.54 Å². The van der Waals surface area contributed by atoms with E-state index in [1.54, 1.807) is 12.3 Å². The van der Waals surface area contributed by atoms with Crippen LogP contribution in [0.25, 0.3) is 5.65 Å². The van der Waals surface area contributed by atoms with Crippen molar-refractivity contribution >= 4 is 17.4 Å². The van der Waals surface area contributed by atoms with Gasteiger partial charge in [0.15, 0.2) is 11.8 Å². The number of nitrogens with one attached hydrogen (secondary N) is 1. The van der Waals surface area contributed by atoms with Gasteiger partial charge in [-0.15, -0.1) is 0 Å². The number of ether oxygens (including phenoxy) is 1. The molecule has 8 nitrogen and oxygen atoms in total. The quantitative estimate of drug-likeness (QED) is 0.620. The second kappa shape index (κ2) is 6.36. The van der Waals surface area contributed by atoms with E-state index in [9.17, 15) is 13.6 Å². The van der Waals surface area contributed by atoms with Crippen molar-refractivity contribution in [1.82, 2.24) is 24.9 Å². The second-order valence-electron chi connectivity index (χ2n) is 7.33. The number of carbonyl (C=O) groups is 1. The molecule has 10 heteroatoms. The highest BCUT2D eigenvalue weighted by Gasteiger charge is 2.51. The zero-order valence-electron chi connectivity index (χ0n) is 15.6. The fourth-order valence-electron chi connectivity index (χ4n) is 3.73. The van der Waals surface area contributed by atoms with E-state index in [0.717, 1.165) is 19.0 Å². The van der Waals surface area contributed by atoms with Gasteiger partial charge in [0.05, 0.1) is 24.5 Å². The third-order valence-corrected chi connectivity index (χ3v) is 5.51. The number of carbonyl (C=O) groups excluding carboxylic acids is 1. The monoisotopic (exact) mass is 400 g/mol. The summed E-state index contributed by atoms with van der Waals surface area (Å²) in [5.74, 6) is -0.166. The van der Waals surface area contributed by atoms with Gasteiger partial charge in [-0.3, -0.25) is 4.79 Å². The van der Waals surface area contributed by atoms with E-state index < -0.39 is 23.4 Å². The van der Waals surface area contributed by atoms with Gasteiger partial charge < -0.3 is 15.0 Å². The topological polar surface area (TPSA) is 84.7 Å². The Morgan fingerprint density at radius 3 is 2.97 bits per heavy atom. The molecular weight excluding hydrogens is 382 g/mol. The van der Waals surface area contributed by atoms with E-state index in [0.29, 0.717) is 17.0 Å². The molecule has 0 aromatic carbocycles. The molecule has 3 aromatic heterocycles. The van der Waals surface area contributed by atoms with Gasteiger partial charge in [-0.2, -0.15) is 5.10 Å². The summed E-state index contributed by atoms with van der Waals surface area (Å²) in [7, 11) is 1.85. The van der Waals surface area contributed by atoms with Crippen LogP contribution in [0, 0.1) is 5.82 Å². The molecule has 2 aliphatic rings. The maximum absolute atomic E-state index is 14.3. The Morgan fingerprint density at radius 1 is 1.34 bits per heavy atom. The average molecular weight is 400 g/mol. The van der Waals surface area contributed by atoms with Crippen LogP contribution >= 0.6 is 0 Å². The van der Waals surface area contributed by atoms with Crippen molar-refractivity contribution in [3.05, 3.63) is 47.7 Å². The number of fused-ring (bicyclic) bond motifs is 3. The van der Waals surface area contributed by atoms with Gasteiger partial charge in [0.2, 0.25) is 5.88 Å². The number of amides is 1. The first-order chi connectivity index (χ1) is 14.0. The highest BCUT2D eigenvalue weighted by atomic mass is 19.1. The van der Waals surface area contributed by atoms with Gasteiger partial charge in [0, 0.05) is 18.8 Å². The Hall–Kier alpha value is -3.30. The molecule has 150 valence electrons. The number of hydrogen-bond donors (Lipinski definition) is 1. The second-order valence-corrected chi connectivity index (χ2v) is 7.33. The summed E-state index contributed by atoms with van der Waals surface area (Å²) in [5, 5.41) is 6.68. The highest BCUT2D eigenvalue weighted by Crippen LogP contribution is 2.54. The zero-order chi connectivity index (χ0) is 20.2. The van der Waals surface area contributed by atoms with Crippen LogP contribution in [0.2, 0.25) is 0 Å².